The molecular weight excluding hydrogens is 396 g/mol. The van der Waals surface area contributed by atoms with E-state index in [9.17, 15) is 4.79 Å². The van der Waals surface area contributed by atoms with Gasteiger partial charge in [0.15, 0.2) is 4.80 Å². The number of fused-ring (bicyclic) bond motifs is 1. The Labute approximate surface area is 160 Å². The van der Waals surface area contributed by atoms with Crippen LogP contribution in [-0.4, -0.2) is 10.5 Å². The van der Waals surface area contributed by atoms with Gasteiger partial charge in [-0.05, 0) is 42.2 Å². The van der Waals surface area contributed by atoms with E-state index in [4.69, 9.17) is 0 Å². The van der Waals surface area contributed by atoms with Crippen molar-refractivity contribution in [1.82, 2.24) is 4.57 Å². The number of aromatic nitrogens is 1. The van der Waals surface area contributed by atoms with Gasteiger partial charge in [0.2, 0.25) is 0 Å². The summed E-state index contributed by atoms with van der Waals surface area (Å²) in [5.74, 6) is 0.390. The first-order valence-electron chi connectivity index (χ1n) is 8.43. The third-order valence-corrected chi connectivity index (χ3v) is 5.72. The molecule has 1 amide bonds. The van der Waals surface area contributed by atoms with Gasteiger partial charge in [-0.25, -0.2) is 0 Å². The molecule has 0 spiro atoms. The molecule has 0 fully saturated rings. The largest absolute Gasteiger partial charge is 0.317 e. The van der Waals surface area contributed by atoms with Gasteiger partial charge < -0.3 is 4.57 Å². The summed E-state index contributed by atoms with van der Waals surface area (Å²) in [5.41, 5.74) is 3.40. The number of hydrogen-bond acceptors (Lipinski definition) is 2. The zero-order valence-electron chi connectivity index (χ0n) is 14.6. The summed E-state index contributed by atoms with van der Waals surface area (Å²) in [5, 5.41) is 0. The van der Waals surface area contributed by atoms with E-state index in [-0.39, 0.29) is 5.91 Å². The first-order chi connectivity index (χ1) is 12.0. The lowest BCUT2D eigenvalue weighted by Crippen LogP contribution is -2.16. The van der Waals surface area contributed by atoms with Crippen LogP contribution < -0.4 is 4.80 Å². The molecule has 0 unspecified atom stereocenters. The number of aryl methyl sites for hydroxylation is 1. The quantitative estimate of drug-likeness (QED) is 0.569. The molecular formula is C20H21BrN2OS. The molecule has 3 aromatic rings. The molecule has 0 atom stereocenters. The molecule has 3 rings (SSSR count). The lowest BCUT2D eigenvalue weighted by molar-refractivity contribution is -0.117. The van der Waals surface area contributed by atoms with Crippen molar-refractivity contribution in [2.45, 2.75) is 39.7 Å². The molecule has 0 bridgehead atoms. The number of benzene rings is 2. The highest BCUT2D eigenvalue weighted by Gasteiger charge is 2.08. The van der Waals surface area contributed by atoms with Crippen LogP contribution in [-0.2, 0) is 17.8 Å². The molecule has 2 aromatic carbocycles. The summed E-state index contributed by atoms with van der Waals surface area (Å²) < 4.78 is 4.25. The molecule has 0 aliphatic rings. The number of hydrogen-bond donors (Lipinski definition) is 0. The SMILES string of the molecule is CCn1c(=NC(=O)Cc2ccc(C(C)C)cc2)sc2cc(Br)ccc21. The number of rotatable bonds is 4. The van der Waals surface area contributed by atoms with Crippen molar-refractivity contribution in [3.63, 3.8) is 0 Å². The van der Waals surface area contributed by atoms with Crippen LogP contribution in [0.15, 0.2) is 51.9 Å². The van der Waals surface area contributed by atoms with Gasteiger partial charge in [-0.3, -0.25) is 4.79 Å². The molecule has 0 N–H and O–H groups in total. The van der Waals surface area contributed by atoms with Crippen LogP contribution in [0, 0.1) is 0 Å². The first kappa shape index (κ1) is 18.1. The highest BCUT2D eigenvalue weighted by atomic mass is 79.9. The van der Waals surface area contributed by atoms with Crippen LogP contribution in [0.4, 0.5) is 0 Å². The Kier molecular flexibility index (Phi) is 5.54. The van der Waals surface area contributed by atoms with Crippen LogP contribution in [0.25, 0.3) is 10.2 Å². The van der Waals surface area contributed by atoms with Gasteiger partial charge in [0, 0.05) is 11.0 Å². The maximum atomic E-state index is 12.4. The molecule has 0 aliphatic heterocycles. The molecule has 0 saturated carbocycles. The fourth-order valence-electron chi connectivity index (χ4n) is 2.78. The van der Waals surface area contributed by atoms with Gasteiger partial charge >= 0.3 is 0 Å². The van der Waals surface area contributed by atoms with Gasteiger partial charge in [0.1, 0.15) is 0 Å². The Morgan fingerprint density at radius 1 is 1.20 bits per heavy atom. The van der Waals surface area contributed by atoms with Crippen molar-refractivity contribution in [3.8, 4) is 0 Å². The van der Waals surface area contributed by atoms with Crippen molar-refractivity contribution in [2.75, 3.05) is 0 Å². The van der Waals surface area contributed by atoms with E-state index in [0.717, 1.165) is 31.6 Å². The first-order valence-corrected chi connectivity index (χ1v) is 10.0. The summed E-state index contributed by atoms with van der Waals surface area (Å²) in [6, 6.07) is 14.4. The van der Waals surface area contributed by atoms with Crippen molar-refractivity contribution in [1.29, 1.82) is 0 Å². The Balaban J connectivity index is 1.89. The van der Waals surface area contributed by atoms with E-state index in [0.29, 0.717) is 12.3 Å². The highest BCUT2D eigenvalue weighted by molar-refractivity contribution is 9.10. The Bertz CT molecular complexity index is 968. The molecule has 0 saturated heterocycles. The molecule has 25 heavy (non-hydrogen) atoms. The molecule has 0 radical (unpaired) electrons. The van der Waals surface area contributed by atoms with Crippen LogP contribution in [0.2, 0.25) is 0 Å². The number of amides is 1. The van der Waals surface area contributed by atoms with E-state index < -0.39 is 0 Å². The van der Waals surface area contributed by atoms with Gasteiger partial charge in [-0.2, -0.15) is 4.99 Å². The predicted molar refractivity (Wildman–Crippen MR) is 108 cm³/mol. The molecule has 1 aromatic heterocycles. The second-order valence-electron chi connectivity index (χ2n) is 6.32. The lowest BCUT2D eigenvalue weighted by atomic mass is 10.0. The van der Waals surface area contributed by atoms with Crippen molar-refractivity contribution in [2.24, 2.45) is 4.99 Å². The van der Waals surface area contributed by atoms with Gasteiger partial charge in [-0.1, -0.05) is 65.4 Å². The zero-order valence-corrected chi connectivity index (χ0v) is 17.0. The third-order valence-electron chi connectivity index (χ3n) is 4.18. The number of nitrogens with zero attached hydrogens (tertiary/aromatic N) is 2. The standard InChI is InChI=1S/C20H21BrN2OS/c1-4-23-17-10-9-16(21)12-18(17)25-20(23)22-19(24)11-14-5-7-15(8-6-14)13(2)3/h5-10,12-13H,4,11H2,1-3H3. The van der Waals surface area contributed by atoms with E-state index in [1.807, 2.05) is 18.2 Å². The van der Waals surface area contributed by atoms with E-state index in [1.165, 1.54) is 5.56 Å². The minimum Gasteiger partial charge on any atom is -0.317 e. The second kappa shape index (κ2) is 7.67. The number of thiazole rings is 1. The summed E-state index contributed by atoms with van der Waals surface area (Å²) in [6.07, 6.45) is 0.333. The minimum absolute atomic E-state index is 0.106. The number of carbonyl (C=O) groups is 1. The maximum absolute atomic E-state index is 12.4. The summed E-state index contributed by atoms with van der Waals surface area (Å²) in [6.45, 7) is 7.19. The van der Waals surface area contributed by atoms with Crippen molar-refractivity contribution in [3.05, 3.63) is 62.9 Å². The number of halogens is 1. The summed E-state index contributed by atoms with van der Waals surface area (Å²) >= 11 is 5.05. The van der Waals surface area contributed by atoms with E-state index in [2.05, 4.69) is 70.5 Å². The van der Waals surface area contributed by atoms with Crippen molar-refractivity contribution >= 4 is 43.4 Å². The predicted octanol–water partition coefficient (Wildman–Crippen LogP) is 5.28. The number of carbonyl (C=O) groups excluding carboxylic acids is 1. The molecule has 130 valence electrons. The van der Waals surface area contributed by atoms with Crippen molar-refractivity contribution < 1.29 is 4.79 Å². The Morgan fingerprint density at radius 3 is 2.56 bits per heavy atom. The van der Waals surface area contributed by atoms with Crippen LogP contribution >= 0.6 is 27.3 Å². The smallest absolute Gasteiger partial charge is 0.252 e. The molecule has 0 aliphatic carbocycles. The fraction of sp³-hybridized carbons (Fsp3) is 0.300. The van der Waals surface area contributed by atoms with Crippen LogP contribution in [0.3, 0.4) is 0 Å². The fourth-order valence-corrected chi connectivity index (χ4v) is 4.44. The van der Waals surface area contributed by atoms with Crippen LogP contribution in [0.5, 0.6) is 0 Å². The normalized spacial score (nSPS) is 12.3. The maximum Gasteiger partial charge on any atom is 0.252 e. The summed E-state index contributed by atoms with van der Waals surface area (Å²) in [4.78, 5) is 17.6. The van der Waals surface area contributed by atoms with Gasteiger partial charge in [0.05, 0.1) is 16.6 Å². The molecule has 5 heteroatoms. The highest BCUT2D eigenvalue weighted by Crippen LogP contribution is 2.22. The zero-order chi connectivity index (χ0) is 18.0. The van der Waals surface area contributed by atoms with E-state index >= 15 is 0 Å². The van der Waals surface area contributed by atoms with Crippen LogP contribution in [0.1, 0.15) is 37.8 Å². The average Bonchev–Trinajstić information content (AvgIpc) is 2.90. The monoisotopic (exact) mass is 416 g/mol. The molecule has 3 nitrogen and oxygen atoms in total. The van der Waals surface area contributed by atoms with Gasteiger partial charge in [0.25, 0.3) is 5.91 Å². The topological polar surface area (TPSA) is 34.4 Å². The lowest BCUT2D eigenvalue weighted by Gasteiger charge is -2.05. The minimum atomic E-state index is -0.106. The Hall–Kier alpha value is -1.72. The Morgan fingerprint density at radius 2 is 1.92 bits per heavy atom. The molecule has 1 heterocycles. The van der Waals surface area contributed by atoms with E-state index in [1.54, 1.807) is 11.3 Å². The van der Waals surface area contributed by atoms with Gasteiger partial charge in [-0.15, -0.1) is 0 Å². The third kappa shape index (κ3) is 4.10. The average molecular weight is 417 g/mol. The summed E-state index contributed by atoms with van der Waals surface area (Å²) in [7, 11) is 0. The second-order valence-corrected chi connectivity index (χ2v) is 8.24.